The van der Waals surface area contributed by atoms with Gasteiger partial charge in [0.2, 0.25) is 5.82 Å². The molecule has 0 aliphatic carbocycles. The first-order chi connectivity index (χ1) is 14.2. The van der Waals surface area contributed by atoms with Gasteiger partial charge < -0.3 is 4.52 Å². The molecule has 142 valence electrons. The van der Waals surface area contributed by atoms with Crippen LogP contribution >= 0.6 is 0 Å². The Hall–Kier alpha value is -4.08. The topological polar surface area (TPSA) is 75.6 Å². The Bertz CT molecular complexity index is 1280. The quantitative estimate of drug-likeness (QED) is 0.523. The second kappa shape index (κ2) is 5.71. The van der Waals surface area contributed by atoms with E-state index in [2.05, 4.69) is 20.1 Å². The van der Waals surface area contributed by atoms with Gasteiger partial charge in [0.15, 0.2) is 11.7 Å². The van der Waals surface area contributed by atoms with Crippen molar-refractivity contribution < 1.29 is 13.3 Å². The Morgan fingerprint density at radius 2 is 1.83 bits per heavy atom. The summed E-state index contributed by atoms with van der Waals surface area (Å²) < 4.78 is 34.4. The molecule has 0 amide bonds. The van der Waals surface area contributed by atoms with Crippen LogP contribution in [0, 0.1) is 11.9 Å². The third-order valence-electron chi connectivity index (χ3n) is 4.84. The van der Waals surface area contributed by atoms with Crippen molar-refractivity contribution in [2.24, 2.45) is 4.99 Å². The summed E-state index contributed by atoms with van der Waals surface area (Å²) in [5.41, 5.74) is 2.03. The SMILES string of the molecule is Fc1ccc(-c2noc(N3CN=C4c5ccccc5-n5c(cnc5F)N43)n2)cc1. The number of aliphatic imine (C=N–C) groups is 1. The fourth-order valence-corrected chi connectivity index (χ4v) is 3.54. The van der Waals surface area contributed by atoms with Crippen molar-refractivity contribution in [1.82, 2.24) is 19.7 Å². The number of anilines is 2. The number of nitrogens with zero attached hydrogens (tertiary/aromatic N) is 7. The largest absolute Gasteiger partial charge is 0.345 e. The van der Waals surface area contributed by atoms with Crippen LogP contribution in [0.3, 0.4) is 0 Å². The average Bonchev–Trinajstić information content (AvgIpc) is 3.46. The van der Waals surface area contributed by atoms with E-state index in [9.17, 15) is 8.78 Å². The van der Waals surface area contributed by atoms with Crippen LogP contribution < -0.4 is 10.0 Å². The molecule has 8 nitrogen and oxygen atoms in total. The lowest BCUT2D eigenvalue weighted by atomic mass is 10.1. The highest BCUT2D eigenvalue weighted by Crippen LogP contribution is 2.37. The number of aromatic nitrogens is 4. The number of rotatable bonds is 2. The zero-order valence-corrected chi connectivity index (χ0v) is 14.7. The van der Waals surface area contributed by atoms with Gasteiger partial charge in [0.1, 0.15) is 12.5 Å². The Kier molecular flexibility index (Phi) is 3.13. The van der Waals surface area contributed by atoms with E-state index in [4.69, 9.17) is 4.52 Å². The van der Waals surface area contributed by atoms with Gasteiger partial charge in [-0.15, -0.1) is 0 Å². The fraction of sp³-hybridized carbons (Fsp3) is 0.0526. The smallest absolute Gasteiger partial charge is 0.313 e. The number of halogens is 2. The van der Waals surface area contributed by atoms with Gasteiger partial charge in [-0.1, -0.05) is 17.3 Å². The maximum absolute atomic E-state index is 14.4. The van der Waals surface area contributed by atoms with Crippen LogP contribution in [0.15, 0.2) is 64.2 Å². The summed E-state index contributed by atoms with van der Waals surface area (Å²) >= 11 is 0. The van der Waals surface area contributed by atoms with Crippen molar-refractivity contribution in [3.63, 3.8) is 0 Å². The molecule has 0 radical (unpaired) electrons. The molecule has 6 rings (SSSR count). The van der Waals surface area contributed by atoms with Crippen LogP contribution in [0.4, 0.5) is 20.6 Å². The molecule has 0 fully saturated rings. The van der Waals surface area contributed by atoms with Gasteiger partial charge in [-0.2, -0.15) is 9.37 Å². The van der Waals surface area contributed by atoms with E-state index in [0.717, 1.165) is 5.56 Å². The van der Waals surface area contributed by atoms with Crippen molar-refractivity contribution >= 4 is 17.7 Å². The number of imidazole rings is 1. The highest BCUT2D eigenvalue weighted by molar-refractivity contribution is 6.16. The number of amidine groups is 1. The summed E-state index contributed by atoms with van der Waals surface area (Å²) in [6.45, 7) is 0.210. The number of benzene rings is 2. The van der Waals surface area contributed by atoms with Crippen LogP contribution in [0.2, 0.25) is 0 Å². The van der Waals surface area contributed by atoms with Crippen LogP contribution in [0.25, 0.3) is 17.1 Å². The number of hydrazine groups is 1. The Balaban J connectivity index is 1.43. The maximum Gasteiger partial charge on any atom is 0.345 e. The minimum Gasteiger partial charge on any atom is -0.313 e. The first-order valence-corrected chi connectivity index (χ1v) is 8.75. The molecule has 0 bridgehead atoms. The van der Waals surface area contributed by atoms with E-state index in [1.807, 2.05) is 24.3 Å². The average molecular weight is 391 g/mol. The third kappa shape index (κ3) is 2.22. The molecule has 2 aliphatic rings. The summed E-state index contributed by atoms with van der Waals surface area (Å²) in [7, 11) is 0. The van der Waals surface area contributed by atoms with Gasteiger partial charge in [0, 0.05) is 11.1 Å². The lowest BCUT2D eigenvalue weighted by molar-refractivity contribution is 0.417. The van der Waals surface area contributed by atoms with Gasteiger partial charge in [0.25, 0.3) is 6.08 Å². The standard InChI is InChI=1S/C19H11F2N7O/c20-12-7-5-11(6-8-12)16-24-19(29-25-16)26-10-23-17-13-3-1-2-4-14(13)27-15(28(17)26)9-22-18(27)21/h1-9H,10H2. The molecule has 0 spiro atoms. The molecule has 0 unspecified atom stereocenters. The predicted molar refractivity (Wildman–Crippen MR) is 99.6 cm³/mol. The Morgan fingerprint density at radius 3 is 2.69 bits per heavy atom. The van der Waals surface area contributed by atoms with E-state index in [-0.39, 0.29) is 18.5 Å². The lowest BCUT2D eigenvalue weighted by Gasteiger charge is -2.32. The molecule has 0 atom stereocenters. The Labute approximate surface area is 162 Å². The lowest BCUT2D eigenvalue weighted by Crippen LogP contribution is -2.45. The molecule has 29 heavy (non-hydrogen) atoms. The molecular formula is C19H11F2N7O. The number of para-hydroxylation sites is 1. The zero-order chi connectivity index (χ0) is 19.5. The zero-order valence-electron chi connectivity index (χ0n) is 14.7. The number of hydrogen-bond acceptors (Lipinski definition) is 7. The minimum absolute atomic E-state index is 0.176. The number of hydrogen-bond donors (Lipinski definition) is 0. The minimum atomic E-state index is -0.629. The molecule has 4 aromatic rings. The van der Waals surface area contributed by atoms with E-state index >= 15 is 0 Å². The van der Waals surface area contributed by atoms with Crippen LogP contribution in [-0.4, -0.2) is 32.2 Å². The number of fused-ring (bicyclic) bond motifs is 6. The predicted octanol–water partition coefficient (Wildman–Crippen LogP) is 3.16. The van der Waals surface area contributed by atoms with E-state index < -0.39 is 6.08 Å². The van der Waals surface area contributed by atoms with Gasteiger partial charge in [-0.25, -0.2) is 24.4 Å². The highest BCUT2D eigenvalue weighted by Gasteiger charge is 2.39. The van der Waals surface area contributed by atoms with E-state index in [1.54, 1.807) is 22.2 Å². The summed E-state index contributed by atoms with van der Waals surface area (Å²) in [6, 6.07) is 13.3. The van der Waals surface area contributed by atoms with E-state index in [0.29, 0.717) is 28.7 Å². The molecule has 0 saturated carbocycles. The van der Waals surface area contributed by atoms with Gasteiger partial charge in [0.05, 0.1) is 11.9 Å². The van der Waals surface area contributed by atoms with Crippen molar-refractivity contribution in [2.45, 2.75) is 0 Å². The third-order valence-corrected chi connectivity index (χ3v) is 4.84. The van der Waals surface area contributed by atoms with Crippen molar-refractivity contribution in [3.05, 3.63) is 72.2 Å². The van der Waals surface area contributed by atoms with Gasteiger partial charge >= 0.3 is 6.01 Å². The summed E-state index contributed by atoms with van der Waals surface area (Å²) in [5, 5.41) is 7.31. The van der Waals surface area contributed by atoms with Gasteiger partial charge in [-0.05, 0) is 36.4 Å². The summed E-state index contributed by atoms with van der Waals surface area (Å²) in [5.74, 6) is 1.07. The second-order valence-electron chi connectivity index (χ2n) is 6.48. The first kappa shape index (κ1) is 15.9. The fourth-order valence-electron chi connectivity index (χ4n) is 3.54. The molecule has 0 N–H and O–H groups in total. The maximum atomic E-state index is 14.4. The van der Waals surface area contributed by atoms with Crippen LogP contribution in [0.5, 0.6) is 0 Å². The van der Waals surface area contributed by atoms with Gasteiger partial charge in [-0.3, -0.25) is 4.57 Å². The highest BCUT2D eigenvalue weighted by atomic mass is 19.1. The summed E-state index contributed by atoms with van der Waals surface area (Å²) in [4.78, 5) is 12.8. The molecule has 2 aromatic carbocycles. The molecule has 2 aliphatic heterocycles. The molecule has 0 saturated heterocycles. The molecule has 4 heterocycles. The first-order valence-electron chi connectivity index (χ1n) is 8.75. The Morgan fingerprint density at radius 1 is 1.00 bits per heavy atom. The second-order valence-corrected chi connectivity index (χ2v) is 6.48. The monoisotopic (exact) mass is 391 g/mol. The summed E-state index contributed by atoms with van der Waals surface area (Å²) in [6.07, 6.45) is 0.798. The van der Waals surface area contributed by atoms with Crippen LogP contribution in [-0.2, 0) is 0 Å². The molecular weight excluding hydrogens is 380 g/mol. The molecule has 10 heteroatoms. The normalized spacial score (nSPS) is 14.5. The molecule has 2 aromatic heterocycles. The van der Waals surface area contributed by atoms with Crippen LogP contribution in [0.1, 0.15) is 5.56 Å². The van der Waals surface area contributed by atoms with E-state index in [1.165, 1.54) is 22.9 Å². The van der Waals surface area contributed by atoms with Crippen molar-refractivity contribution in [1.29, 1.82) is 0 Å². The van der Waals surface area contributed by atoms with Crippen molar-refractivity contribution in [3.8, 4) is 17.1 Å². The van der Waals surface area contributed by atoms with Crippen molar-refractivity contribution in [2.75, 3.05) is 16.7 Å².